The Labute approximate surface area is 176 Å². The summed E-state index contributed by atoms with van der Waals surface area (Å²) >= 11 is 0. The number of hydrogen-bond acceptors (Lipinski definition) is 3. The summed E-state index contributed by atoms with van der Waals surface area (Å²) in [5.74, 6) is -0.761. The van der Waals surface area contributed by atoms with Gasteiger partial charge in [-0.25, -0.2) is 17.6 Å². The van der Waals surface area contributed by atoms with Crippen LogP contribution in [0.25, 0.3) is 0 Å². The Kier molecular flexibility index (Phi) is 5.55. The second-order valence-corrected chi connectivity index (χ2v) is 9.98. The van der Waals surface area contributed by atoms with E-state index in [0.717, 1.165) is 18.9 Å². The zero-order chi connectivity index (χ0) is 21.4. The molecule has 6 nitrogen and oxygen atoms in total. The third-order valence-electron chi connectivity index (χ3n) is 6.13. The number of sulfonamides is 1. The molecule has 4 rings (SSSR count). The van der Waals surface area contributed by atoms with Gasteiger partial charge in [-0.2, -0.15) is 4.31 Å². The van der Waals surface area contributed by atoms with E-state index in [0.29, 0.717) is 6.54 Å². The number of nitrogens with one attached hydrogen (secondary N) is 1. The Morgan fingerprint density at radius 1 is 1.03 bits per heavy atom. The third kappa shape index (κ3) is 3.94. The Bertz CT molecular complexity index is 1050. The first-order valence-corrected chi connectivity index (χ1v) is 11.6. The quantitative estimate of drug-likeness (QED) is 0.792. The van der Waals surface area contributed by atoms with E-state index in [9.17, 15) is 17.6 Å². The summed E-state index contributed by atoms with van der Waals surface area (Å²) in [7, 11) is -3.91. The number of piperazine rings is 1. The van der Waals surface area contributed by atoms with Crippen molar-refractivity contribution in [3.05, 3.63) is 65.5 Å². The van der Waals surface area contributed by atoms with Gasteiger partial charge in [0.1, 0.15) is 10.7 Å². The molecule has 1 N–H and O–H groups in total. The van der Waals surface area contributed by atoms with Crippen LogP contribution in [0.3, 0.4) is 0 Å². The molecule has 2 amide bonds. The van der Waals surface area contributed by atoms with Crippen molar-refractivity contribution in [2.75, 3.05) is 32.7 Å². The van der Waals surface area contributed by atoms with E-state index in [1.54, 1.807) is 4.90 Å². The highest BCUT2D eigenvalue weighted by Crippen LogP contribution is 2.48. The average molecular weight is 432 g/mol. The monoisotopic (exact) mass is 431 g/mol. The molecule has 1 aliphatic heterocycles. The molecule has 1 aliphatic carbocycles. The van der Waals surface area contributed by atoms with Crippen LogP contribution in [0.2, 0.25) is 0 Å². The van der Waals surface area contributed by atoms with Crippen molar-refractivity contribution in [3.8, 4) is 0 Å². The minimum absolute atomic E-state index is 0.0109. The summed E-state index contributed by atoms with van der Waals surface area (Å²) in [4.78, 5) is 14.0. The van der Waals surface area contributed by atoms with Crippen molar-refractivity contribution >= 4 is 16.1 Å². The summed E-state index contributed by atoms with van der Waals surface area (Å²) in [6, 6.07) is 13.4. The standard InChI is InChI=1S/C22H26FN3O3S/c1-17-6-2-3-7-18(17)22(10-11-22)16-24-21(27)25-12-14-26(15-13-25)30(28,29)20-9-5-4-8-19(20)23/h2-9H,10-16H2,1H3,(H,24,27). The van der Waals surface area contributed by atoms with E-state index in [1.807, 2.05) is 12.1 Å². The first-order valence-electron chi connectivity index (χ1n) is 10.2. The minimum atomic E-state index is -3.91. The van der Waals surface area contributed by atoms with Crippen molar-refractivity contribution in [1.29, 1.82) is 0 Å². The van der Waals surface area contributed by atoms with Gasteiger partial charge in [0.2, 0.25) is 10.0 Å². The zero-order valence-corrected chi connectivity index (χ0v) is 17.8. The number of nitrogens with zero attached hydrogens (tertiary/aromatic N) is 2. The van der Waals surface area contributed by atoms with Crippen LogP contribution in [0.4, 0.5) is 9.18 Å². The molecule has 0 unspecified atom stereocenters. The highest BCUT2D eigenvalue weighted by molar-refractivity contribution is 7.89. The molecule has 1 heterocycles. The van der Waals surface area contributed by atoms with E-state index in [2.05, 4.69) is 24.4 Å². The van der Waals surface area contributed by atoms with E-state index in [-0.39, 0.29) is 42.5 Å². The molecule has 0 spiro atoms. The molecular formula is C22H26FN3O3S. The predicted octanol–water partition coefficient (Wildman–Crippen LogP) is 2.88. The smallest absolute Gasteiger partial charge is 0.317 e. The predicted molar refractivity (Wildman–Crippen MR) is 112 cm³/mol. The highest BCUT2D eigenvalue weighted by atomic mass is 32.2. The SMILES string of the molecule is Cc1ccccc1C1(CNC(=O)N2CCN(S(=O)(=O)c3ccccc3F)CC2)CC1. The van der Waals surface area contributed by atoms with Gasteiger partial charge < -0.3 is 10.2 Å². The van der Waals surface area contributed by atoms with E-state index < -0.39 is 15.8 Å². The highest BCUT2D eigenvalue weighted by Gasteiger charge is 2.45. The lowest BCUT2D eigenvalue weighted by atomic mass is 9.92. The molecule has 2 aromatic carbocycles. The molecule has 1 saturated carbocycles. The van der Waals surface area contributed by atoms with Crippen LogP contribution < -0.4 is 5.32 Å². The number of benzene rings is 2. The largest absolute Gasteiger partial charge is 0.337 e. The second-order valence-electron chi connectivity index (χ2n) is 8.08. The maximum absolute atomic E-state index is 14.0. The first kappa shape index (κ1) is 20.8. The lowest BCUT2D eigenvalue weighted by molar-refractivity contribution is 0.171. The van der Waals surface area contributed by atoms with Gasteiger partial charge in [-0.1, -0.05) is 36.4 Å². The maximum atomic E-state index is 14.0. The van der Waals surface area contributed by atoms with Gasteiger partial charge in [0, 0.05) is 38.1 Å². The van der Waals surface area contributed by atoms with Crippen LogP contribution in [-0.4, -0.2) is 56.4 Å². The number of rotatable bonds is 5. The van der Waals surface area contributed by atoms with Crippen molar-refractivity contribution in [2.45, 2.75) is 30.1 Å². The van der Waals surface area contributed by atoms with Crippen LogP contribution >= 0.6 is 0 Å². The van der Waals surface area contributed by atoms with Crippen molar-refractivity contribution < 1.29 is 17.6 Å². The average Bonchev–Trinajstić information content (AvgIpc) is 3.53. The molecule has 30 heavy (non-hydrogen) atoms. The van der Waals surface area contributed by atoms with Gasteiger partial charge in [0.25, 0.3) is 0 Å². The van der Waals surface area contributed by atoms with Gasteiger partial charge in [0.05, 0.1) is 0 Å². The molecule has 0 aromatic heterocycles. The summed E-state index contributed by atoms with van der Waals surface area (Å²) in [5.41, 5.74) is 2.53. The summed E-state index contributed by atoms with van der Waals surface area (Å²) in [5, 5.41) is 3.03. The number of carbonyl (C=O) groups excluding carboxylic acids is 1. The Hall–Kier alpha value is -2.45. The number of hydrogen-bond donors (Lipinski definition) is 1. The fourth-order valence-electron chi connectivity index (χ4n) is 4.14. The van der Waals surface area contributed by atoms with Gasteiger partial charge in [-0.05, 0) is 43.0 Å². The fraction of sp³-hybridized carbons (Fsp3) is 0.409. The zero-order valence-electron chi connectivity index (χ0n) is 17.0. The van der Waals surface area contributed by atoms with E-state index in [4.69, 9.17) is 0 Å². The number of urea groups is 1. The third-order valence-corrected chi connectivity index (χ3v) is 8.06. The number of carbonyl (C=O) groups is 1. The summed E-state index contributed by atoms with van der Waals surface area (Å²) < 4.78 is 40.6. The minimum Gasteiger partial charge on any atom is -0.337 e. The molecule has 1 saturated heterocycles. The van der Waals surface area contributed by atoms with Crippen molar-refractivity contribution in [2.24, 2.45) is 0 Å². The van der Waals surface area contributed by atoms with Crippen LogP contribution in [0, 0.1) is 12.7 Å². The van der Waals surface area contributed by atoms with Crippen molar-refractivity contribution in [1.82, 2.24) is 14.5 Å². The molecule has 2 fully saturated rings. The Morgan fingerprint density at radius 2 is 1.67 bits per heavy atom. The number of amides is 2. The van der Waals surface area contributed by atoms with Crippen molar-refractivity contribution in [3.63, 3.8) is 0 Å². The van der Waals surface area contributed by atoms with Crippen LogP contribution in [0.15, 0.2) is 53.4 Å². The maximum Gasteiger partial charge on any atom is 0.317 e. The summed E-state index contributed by atoms with van der Waals surface area (Å²) in [6.07, 6.45) is 2.10. The topological polar surface area (TPSA) is 69.7 Å². The van der Waals surface area contributed by atoms with E-state index >= 15 is 0 Å². The summed E-state index contributed by atoms with van der Waals surface area (Å²) in [6.45, 7) is 3.50. The molecule has 160 valence electrons. The number of aryl methyl sites for hydroxylation is 1. The van der Waals surface area contributed by atoms with Crippen LogP contribution in [-0.2, 0) is 15.4 Å². The molecule has 0 bridgehead atoms. The second kappa shape index (κ2) is 8.00. The lowest BCUT2D eigenvalue weighted by Gasteiger charge is -2.34. The Morgan fingerprint density at radius 3 is 2.30 bits per heavy atom. The molecular weight excluding hydrogens is 405 g/mol. The Balaban J connectivity index is 1.34. The van der Waals surface area contributed by atoms with Gasteiger partial charge >= 0.3 is 6.03 Å². The number of halogens is 1. The van der Waals surface area contributed by atoms with E-state index in [1.165, 1.54) is 33.6 Å². The van der Waals surface area contributed by atoms with Gasteiger partial charge in [-0.3, -0.25) is 0 Å². The molecule has 0 atom stereocenters. The molecule has 2 aliphatic rings. The van der Waals surface area contributed by atoms with Crippen LogP contribution in [0.5, 0.6) is 0 Å². The molecule has 2 aromatic rings. The van der Waals surface area contributed by atoms with Gasteiger partial charge in [-0.15, -0.1) is 0 Å². The van der Waals surface area contributed by atoms with Gasteiger partial charge in [0.15, 0.2) is 0 Å². The fourth-order valence-corrected chi connectivity index (χ4v) is 5.63. The lowest BCUT2D eigenvalue weighted by Crippen LogP contribution is -2.53. The molecule has 8 heteroatoms. The first-order chi connectivity index (χ1) is 14.3. The molecule has 0 radical (unpaired) electrons. The van der Waals surface area contributed by atoms with Crippen LogP contribution in [0.1, 0.15) is 24.0 Å². The normalized spacial score (nSPS) is 18.8.